The van der Waals surface area contributed by atoms with E-state index in [-0.39, 0.29) is 18.1 Å². The first-order valence-corrected chi connectivity index (χ1v) is 6.93. The number of rotatable bonds is 1. The highest BCUT2D eigenvalue weighted by Crippen LogP contribution is 2.49. The van der Waals surface area contributed by atoms with Gasteiger partial charge >= 0.3 is 6.03 Å². The first-order chi connectivity index (χ1) is 9.06. The molecule has 2 fully saturated rings. The van der Waals surface area contributed by atoms with Gasteiger partial charge in [-0.1, -0.05) is 23.7 Å². The third kappa shape index (κ3) is 2.19. The summed E-state index contributed by atoms with van der Waals surface area (Å²) in [5, 5.41) is 10.5. The Bertz CT molecular complexity index is 508. The molecule has 1 aromatic carbocycles. The van der Waals surface area contributed by atoms with Crippen molar-refractivity contribution in [1.29, 1.82) is 0 Å². The fraction of sp³-hybridized carbons (Fsp3) is 0.500. The molecule has 0 radical (unpaired) electrons. The van der Waals surface area contributed by atoms with E-state index in [2.05, 4.69) is 0 Å². The largest absolute Gasteiger partial charge is 0.393 e. The molecule has 4 atom stereocenters. The number of urea groups is 1. The predicted octanol–water partition coefficient (Wildman–Crippen LogP) is 2.16. The van der Waals surface area contributed by atoms with Crippen LogP contribution < -0.4 is 5.73 Å². The molecule has 2 amide bonds. The number of hydrogen-bond donors (Lipinski definition) is 2. The number of benzene rings is 1. The average Bonchev–Trinajstić information content (AvgIpc) is 2.84. The van der Waals surface area contributed by atoms with E-state index in [1.165, 1.54) is 0 Å². The highest BCUT2D eigenvalue weighted by molar-refractivity contribution is 6.30. The van der Waals surface area contributed by atoms with Gasteiger partial charge in [-0.2, -0.15) is 0 Å². The second-order valence-corrected chi connectivity index (χ2v) is 5.98. The molecule has 2 aliphatic rings. The Labute approximate surface area is 117 Å². The minimum absolute atomic E-state index is 0.0571. The van der Waals surface area contributed by atoms with Gasteiger partial charge in [-0.25, -0.2) is 4.79 Å². The van der Waals surface area contributed by atoms with Crippen LogP contribution in [0.4, 0.5) is 4.79 Å². The highest BCUT2D eigenvalue weighted by atomic mass is 35.5. The van der Waals surface area contributed by atoms with Crippen molar-refractivity contribution in [2.75, 3.05) is 6.54 Å². The Balaban J connectivity index is 1.97. The van der Waals surface area contributed by atoms with Crippen LogP contribution in [0, 0.1) is 11.8 Å². The number of primary amides is 1. The summed E-state index contributed by atoms with van der Waals surface area (Å²) in [5.74, 6) is 0.618. The lowest BCUT2D eigenvalue weighted by atomic mass is 9.89. The number of carbonyl (C=O) groups excluding carboxylic acids is 1. The van der Waals surface area contributed by atoms with Gasteiger partial charge < -0.3 is 15.7 Å². The molecule has 1 aliphatic heterocycles. The number of nitrogens with zero attached hydrogens (tertiary/aromatic N) is 1. The van der Waals surface area contributed by atoms with Gasteiger partial charge in [0.1, 0.15) is 0 Å². The molecule has 4 nitrogen and oxygen atoms in total. The van der Waals surface area contributed by atoms with Gasteiger partial charge in [-0.15, -0.1) is 0 Å². The highest BCUT2D eigenvalue weighted by Gasteiger charge is 2.48. The fourth-order valence-corrected chi connectivity index (χ4v) is 3.86. The van der Waals surface area contributed by atoms with Crippen LogP contribution in [0.15, 0.2) is 24.3 Å². The molecule has 0 spiro atoms. The van der Waals surface area contributed by atoms with Gasteiger partial charge in [0.15, 0.2) is 0 Å². The van der Waals surface area contributed by atoms with Gasteiger partial charge in [-0.05, 0) is 42.4 Å². The van der Waals surface area contributed by atoms with E-state index >= 15 is 0 Å². The average molecular weight is 281 g/mol. The van der Waals surface area contributed by atoms with E-state index in [1.54, 1.807) is 4.90 Å². The van der Waals surface area contributed by atoms with Gasteiger partial charge in [0, 0.05) is 11.6 Å². The molecule has 1 saturated heterocycles. The number of likely N-dealkylation sites (tertiary alicyclic amines) is 1. The van der Waals surface area contributed by atoms with Crippen molar-refractivity contribution >= 4 is 17.6 Å². The molecule has 0 aromatic heterocycles. The Kier molecular flexibility index (Phi) is 3.15. The summed E-state index contributed by atoms with van der Waals surface area (Å²) in [4.78, 5) is 13.4. The van der Waals surface area contributed by atoms with E-state index in [0.29, 0.717) is 17.5 Å². The topological polar surface area (TPSA) is 66.6 Å². The molecule has 3 rings (SSSR count). The smallest absolute Gasteiger partial charge is 0.315 e. The van der Waals surface area contributed by atoms with Crippen molar-refractivity contribution in [3.63, 3.8) is 0 Å². The number of halogens is 1. The molecule has 1 aliphatic carbocycles. The number of amides is 2. The zero-order valence-corrected chi connectivity index (χ0v) is 11.3. The summed E-state index contributed by atoms with van der Waals surface area (Å²) in [6.45, 7) is 0.633. The van der Waals surface area contributed by atoms with Crippen LogP contribution in [0.25, 0.3) is 0 Å². The fourth-order valence-electron chi connectivity index (χ4n) is 3.67. The normalized spacial score (nSPS) is 33.5. The van der Waals surface area contributed by atoms with E-state index in [1.807, 2.05) is 24.3 Å². The van der Waals surface area contributed by atoms with Gasteiger partial charge in [0.05, 0.1) is 12.1 Å². The third-order valence-corrected chi connectivity index (χ3v) is 4.61. The second-order valence-electron chi connectivity index (χ2n) is 5.54. The number of aliphatic hydroxyl groups is 1. The van der Waals surface area contributed by atoms with E-state index in [9.17, 15) is 9.90 Å². The van der Waals surface area contributed by atoms with Crippen molar-refractivity contribution in [3.8, 4) is 0 Å². The molecule has 1 saturated carbocycles. The maximum Gasteiger partial charge on any atom is 0.315 e. The summed E-state index contributed by atoms with van der Waals surface area (Å²) in [6, 6.07) is 7.10. The van der Waals surface area contributed by atoms with Crippen LogP contribution in [-0.2, 0) is 0 Å². The number of fused-ring (bicyclic) bond motifs is 1. The van der Waals surface area contributed by atoms with Crippen LogP contribution >= 0.6 is 11.6 Å². The maximum atomic E-state index is 11.6. The Hall–Kier alpha value is -1.26. The lowest BCUT2D eigenvalue weighted by Crippen LogP contribution is -2.37. The third-order valence-electron chi connectivity index (χ3n) is 4.37. The van der Waals surface area contributed by atoms with Gasteiger partial charge in [0.25, 0.3) is 0 Å². The lowest BCUT2D eigenvalue weighted by Gasteiger charge is -2.27. The Morgan fingerprint density at radius 3 is 2.89 bits per heavy atom. The second kappa shape index (κ2) is 4.69. The summed E-state index contributed by atoms with van der Waals surface area (Å²) < 4.78 is 0. The van der Waals surface area contributed by atoms with Crippen LogP contribution in [0.3, 0.4) is 0 Å². The summed E-state index contributed by atoms with van der Waals surface area (Å²) in [6.07, 6.45) is 1.23. The van der Waals surface area contributed by atoms with E-state index < -0.39 is 6.03 Å². The number of nitrogens with two attached hydrogens (primary N) is 1. The molecule has 102 valence electrons. The number of carbonyl (C=O) groups is 1. The van der Waals surface area contributed by atoms with Crippen LogP contribution in [0.2, 0.25) is 5.02 Å². The molecular formula is C14H17ClN2O2. The van der Waals surface area contributed by atoms with Crippen molar-refractivity contribution in [3.05, 3.63) is 34.9 Å². The van der Waals surface area contributed by atoms with E-state index in [4.69, 9.17) is 17.3 Å². The standard InChI is InChI=1S/C14H17ClN2O2/c15-10-3-1-2-8(4-10)13-12-6-11(18)5-9(12)7-17(13)14(16)19/h1-4,9,11-13,18H,5-7H2,(H2,16,19). The molecule has 19 heavy (non-hydrogen) atoms. The molecular weight excluding hydrogens is 264 g/mol. The zero-order valence-electron chi connectivity index (χ0n) is 10.5. The first-order valence-electron chi connectivity index (χ1n) is 6.56. The molecule has 3 N–H and O–H groups in total. The van der Waals surface area contributed by atoms with E-state index in [0.717, 1.165) is 18.4 Å². The molecule has 5 heteroatoms. The molecule has 0 bridgehead atoms. The van der Waals surface area contributed by atoms with Crippen molar-refractivity contribution in [1.82, 2.24) is 4.90 Å². The van der Waals surface area contributed by atoms with Gasteiger partial charge in [-0.3, -0.25) is 0 Å². The summed E-state index contributed by atoms with van der Waals surface area (Å²) in [7, 11) is 0. The maximum absolute atomic E-state index is 11.6. The van der Waals surface area contributed by atoms with Crippen molar-refractivity contribution in [2.24, 2.45) is 17.6 Å². The Morgan fingerprint density at radius 2 is 2.21 bits per heavy atom. The lowest BCUT2D eigenvalue weighted by molar-refractivity contribution is 0.149. The monoisotopic (exact) mass is 280 g/mol. The van der Waals surface area contributed by atoms with Crippen LogP contribution in [-0.4, -0.2) is 28.7 Å². The van der Waals surface area contributed by atoms with Crippen LogP contribution in [0.5, 0.6) is 0 Å². The minimum Gasteiger partial charge on any atom is -0.393 e. The van der Waals surface area contributed by atoms with Gasteiger partial charge in [0.2, 0.25) is 0 Å². The predicted molar refractivity (Wildman–Crippen MR) is 72.7 cm³/mol. The quantitative estimate of drug-likeness (QED) is 0.828. The molecule has 1 aromatic rings. The van der Waals surface area contributed by atoms with Crippen molar-refractivity contribution in [2.45, 2.75) is 25.0 Å². The first kappa shape index (κ1) is 12.8. The zero-order chi connectivity index (χ0) is 13.6. The molecule has 4 unspecified atom stereocenters. The molecule has 1 heterocycles. The van der Waals surface area contributed by atoms with Crippen LogP contribution in [0.1, 0.15) is 24.4 Å². The summed E-state index contributed by atoms with van der Waals surface area (Å²) in [5.41, 5.74) is 6.50. The van der Waals surface area contributed by atoms with Crippen molar-refractivity contribution < 1.29 is 9.90 Å². The summed E-state index contributed by atoms with van der Waals surface area (Å²) >= 11 is 6.04. The SMILES string of the molecule is NC(=O)N1CC2CC(O)CC2C1c1cccc(Cl)c1. The number of hydrogen-bond acceptors (Lipinski definition) is 2. The Morgan fingerprint density at radius 1 is 1.42 bits per heavy atom. The minimum atomic E-state index is -0.395. The number of aliphatic hydroxyl groups excluding tert-OH is 1.